The first-order valence-electron chi connectivity index (χ1n) is 11.1. The Labute approximate surface area is 186 Å². The summed E-state index contributed by atoms with van der Waals surface area (Å²) in [4.78, 5) is 39.8. The molecule has 164 valence electrons. The van der Waals surface area contributed by atoms with Crippen molar-refractivity contribution in [2.45, 2.75) is 45.4 Å². The monoisotopic (exact) mass is 429 g/mol. The second kappa shape index (κ2) is 9.64. The number of Topliss-reactive ketones (excluding diaryl/α,β-unsaturated/α-hetero) is 1. The molecule has 1 heterocycles. The van der Waals surface area contributed by atoms with Gasteiger partial charge in [0.25, 0.3) is 10.9 Å². The predicted octanol–water partition coefficient (Wildman–Crippen LogP) is 5.79. The van der Waals surface area contributed by atoms with Gasteiger partial charge in [0.2, 0.25) is 0 Å². The molecule has 0 aliphatic carbocycles. The van der Waals surface area contributed by atoms with Gasteiger partial charge in [0, 0.05) is 34.8 Å². The Morgan fingerprint density at radius 1 is 0.844 bits per heavy atom. The fourth-order valence-electron chi connectivity index (χ4n) is 3.86. The first-order chi connectivity index (χ1) is 15.6. The van der Waals surface area contributed by atoms with Crippen LogP contribution in [0.5, 0.6) is 0 Å². The van der Waals surface area contributed by atoms with Crippen LogP contribution in [0.3, 0.4) is 0 Å². The van der Waals surface area contributed by atoms with Gasteiger partial charge in [0.05, 0.1) is 5.69 Å². The third-order valence-electron chi connectivity index (χ3n) is 5.74. The van der Waals surface area contributed by atoms with Gasteiger partial charge in [-0.3, -0.25) is 14.4 Å². The summed E-state index contributed by atoms with van der Waals surface area (Å²) in [6.45, 7) is 2.17. The summed E-state index contributed by atoms with van der Waals surface area (Å²) < 4.78 is 0. The van der Waals surface area contributed by atoms with Crippen molar-refractivity contribution in [2.75, 3.05) is 10.6 Å². The quantitative estimate of drug-likeness (QED) is 0.159. The molecule has 3 N–H and O–H groups in total. The minimum atomic E-state index is -0.556. The number of anilines is 4. The van der Waals surface area contributed by atoms with Crippen molar-refractivity contribution in [1.29, 1.82) is 0 Å². The minimum absolute atomic E-state index is 0.129. The van der Waals surface area contributed by atoms with E-state index < -0.39 is 10.9 Å². The maximum atomic E-state index is 12.4. The van der Waals surface area contributed by atoms with Crippen molar-refractivity contribution in [3.63, 3.8) is 0 Å². The molecule has 4 aromatic rings. The molecule has 0 amide bonds. The minimum Gasteiger partial charge on any atom is -0.359 e. The largest absolute Gasteiger partial charge is 0.359 e. The normalized spacial score (nSPS) is 11.2. The molecule has 6 heteroatoms. The summed E-state index contributed by atoms with van der Waals surface area (Å²) in [6.07, 6.45) is 7.88. The number of ketones is 1. The zero-order valence-corrected chi connectivity index (χ0v) is 18.2. The van der Waals surface area contributed by atoms with E-state index in [-0.39, 0.29) is 17.2 Å². The molecular formula is C26H27N3O3. The van der Waals surface area contributed by atoms with Gasteiger partial charge in [0.15, 0.2) is 5.78 Å². The number of carbonyl (C=O) groups is 1. The molecule has 0 bridgehead atoms. The van der Waals surface area contributed by atoms with Crippen LogP contribution in [0.25, 0.3) is 10.9 Å². The number of aromatic nitrogens is 1. The number of benzene rings is 2. The Bertz CT molecular complexity index is 1290. The SMILES string of the molecule is CCCCCCCC(=O)c1ccc(Nc2c(Nc3c[nH]c4ccccc34)c(=O)c2=O)cc1. The van der Waals surface area contributed by atoms with Crippen molar-refractivity contribution in [3.8, 4) is 0 Å². The number of carbonyl (C=O) groups excluding carboxylic acids is 1. The molecule has 0 aliphatic rings. The van der Waals surface area contributed by atoms with E-state index in [1.807, 2.05) is 24.3 Å². The molecule has 0 unspecified atom stereocenters. The average Bonchev–Trinajstić information content (AvgIpc) is 3.24. The number of fused-ring (bicyclic) bond motifs is 1. The molecule has 0 radical (unpaired) electrons. The van der Waals surface area contributed by atoms with E-state index in [9.17, 15) is 14.4 Å². The third kappa shape index (κ3) is 4.49. The lowest BCUT2D eigenvalue weighted by Crippen LogP contribution is -2.35. The maximum Gasteiger partial charge on any atom is 0.253 e. The summed E-state index contributed by atoms with van der Waals surface area (Å²) in [6, 6.07) is 14.8. The first-order valence-corrected chi connectivity index (χ1v) is 11.1. The number of hydrogen-bond donors (Lipinski definition) is 3. The number of unbranched alkanes of at least 4 members (excludes halogenated alkanes) is 4. The van der Waals surface area contributed by atoms with Gasteiger partial charge in [-0.25, -0.2) is 0 Å². The number of hydrogen-bond acceptors (Lipinski definition) is 5. The fraction of sp³-hybridized carbons (Fsp3) is 0.269. The van der Waals surface area contributed by atoms with Crippen molar-refractivity contribution in [2.24, 2.45) is 0 Å². The van der Waals surface area contributed by atoms with Crippen molar-refractivity contribution in [3.05, 3.63) is 80.7 Å². The van der Waals surface area contributed by atoms with E-state index in [2.05, 4.69) is 22.5 Å². The van der Waals surface area contributed by atoms with Crippen LogP contribution < -0.4 is 21.5 Å². The van der Waals surface area contributed by atoms with Gasteiger partial charge in [-0.2, -0.15) is 0 Å². The van der Waals surface area contributed by atoms with Gasteiger partial charge in [-0.05, 0) is 36.8 Å². The topological polar surface area (TPSA) is 91.1 Å². The highest BCUT2D eigenvalue weighted by Gasteiger charge is 2.22. The molecule has 32 heavy (non-hydrogen) atoms. The zero-order valence-electron chi connectivity index (χ0n) is 18.2. The van der Waals surface area contributed by atoms with Crippen LogP contribution in [0.4, 0.5) is 22.7 Å². The number of H-pyrrole nitrogens is 1. The van der Waals surface area contributed by atoms with E-state index in [4.69, 9.17) is 0 Å². The molecule has 0 saturated carbocycles. The molecule has 0 atom stereocenters. The van der Waals surface area contributed by atoms with E-state index in [1.54, 1.807) is 30.5 Å². The zero-order chi connectivity index (χ0) is 22.5. The molecule has 1 aromatic heterocycles. The van der Waals surface area contributed by atoms with Crippen LogP contribution in [0.2, 0.25) is 0 Å². The lowest BCUT2D eigenvalue weighted by Gasteiger charge is -2.15. The Morgan fingerprint density at radius 3 is 2.28 bits per heavy atom. The van der Waals surface area contributed by atoms with Crippen LogP contribution in [-0.2, 0) is 0 Å². The first kappa shape index (κ1) is 21.6. The molecule has 4 rings (SSSR count). The predicted molar refractivity (Wildman–Crippen MR) is 130 cm³/mol. The number of rotatable bonds is 11. The van der Waals surface area contributed by atoms with Gasteiger partial charge in [0.1, 0.15) is 11.4 Å². The molecule has 6 nitrogen and oxygen atoms in total. The van der Waals surface area contributed by atoms with E-state index in [1.165, 1.54) is 19.3 Å². The highest BCUT2D eigenvalue weighted by atomic mass is 16.2. The number of nitrogens with one attached hydrogen (secondary N) is 3. The van der Waals surface area contributed by atoms with Gasteiger partial charge < -0.3 is 15.6 Å². The Kier molecular flexibility index (Phi) is 6.50. The molecule has 0 aliphatic heterocycles. The average molecular weight is 430 g/mol. The molecule has 0 saturated heterocycles. The summed E-state index contributed by atoms with van der Waals surface area (Å²) >= 11 is 0. The van der Waals surface area contributed by atoms with Crippen molar-refractivity contribution in [1.82, 2.24) is 4.98 Å². The van der Waals surface area contributed by atoms with Gasteiger partial charge >= 0.3 is 0 Å². The van der Waals surface area contributed by atoms with Crippen molar-refractivity contribution < 1.29 is 4.79 Å². The van der Waals surface area contributed by atoms with E-state index >= 15 is 0 Å². The van der Waals surface area contributed by atoms with E-state index in [0.717, 1.165) is 29.4 Å². The summed E-state index contributed by atoms with van der Waals surface area (Å²) in [5.74, 6) is 0.129. The summed E-state index contributed by atoms with van der Waals surface area (Å²) in [7, 11) is 0. The third-order valence-corrected chi connectivity index (χ3v) is 5.74. The number of para-hydroxylation sites is 1. The summed E-state index contributed by atoms with van der Waals surface area (Å²) in [5.41, 5.74) is 2.35. The lowest BCUT2D eigenvalue weighted by molar-refractivity contribution is 0.0979. The van der Waals surface area contributed by atoms with Crippen LogP contribution >= 0.6 is 0 Å². The smallest absolute Gasteiger partial charge is 0.253 e. The molecule has 3 aromatic carbocycles. The highest BCUT2D eigenvalue weighted by molar-refractivity contribution is 5.97. The van der Waals surface area contributed by atoms with Crippen LogP contribution in [0.1, 0.15) is 55.8 Å². The molecule has 0 spiro atoms. The lowest BCUT2D eigenvalue weighted by atomic mass is 10.0. The van der Waals surface area contributed by atoms with Crippen molar-refractivity contribution >= 4 is 39.4 Å². The van der Waals surface area contributed by atoms with Gasteiger partial charge in [-0.15, -0.1) is 0 Å². The molecular weight excluding hydrogens is 402 g/mol. The van der Waals surface area contributed by atoms with E-state index in [0.29, 0.717) is 17.7 Å². The van der Waals surface area contributed by atoms with Gasteiger partial charge in [-0.1, -0.05) is 50.8 Å². The summed E-state index contributed by atoms with van der Waals surface area (Å²) in [5, 5.41) is 7.04. The highest BCUT2D eigenvalue weighted by Crippen LogP contribution is 2.29. The maximum absolute atomic E-state index is 12.4. The fourth-order valence-corrected chi connectivity index (χ4v) is 3.86. The Balaban J connectivity index is 1.42. The standard InChI is InChI=1S/C26H27N3O3/c1-2-3-4-5-6-11-22(30)17-12-14-18(15-13-17)28-23-24(26(32)25(23)31)29-21-16-27-20-10-8-7-9-19(20)21/h7-10,12-16,27-29H,2-6,11H2,1H3. The van der Waals surface area contributed by atoms with Crippen LogP contribution in [-0.4, -0.2) is 10.8 Å². The second-order valence-electron chi connectivity index (χ2n) is 8.07. The molecule has 0 fully saturated rings. The van der Waals surface area contributed by atoms with Crippen LogP contribution in [0, 0.1) is 0 Å². The number of aromatic amines is 1. The Morgan fingerprint density at radius 2 is 1.53 bits per heavy atom. The second-order valence-corrected chi connectivity index (χ2v) is 8.07. The van der Waals surface area contributed by atoms with Crippen LogP contribution in [0.15, 0.2) is 64.3 Å². The Hall–Kier alpha value is -3.67.